The molecule has 4 nitrogen and oxygen atoms in total. The van der Waals surface area contributed by atoms with Gasteiger partial charge < -0.3 is 9.88 Å². The van der Waals surface area contributed by atoms with Crippen LogP contribution in [0.15, 0.2) is 6.33 Å². The Bertz CT molecular complexity index is 356. The third-order valence-electron chi connectivity index (χ3n) is 3.79. The Morgan fingerprint density at radius 2 is 2.35 bits per heavy atom. The van der Waals surface area contributed by atoms with Crippen LogP contribution in [0.25, 0.3) is 0 Å². The van der Waals surface area contributed by atoms with Crippen molar-refractivity contribution in [3.05, 3.63) is 12.2 Å². The van der Waals surface area contributed by atoms with Crippen LogP contribution in [0.3, 0.4) is 0 Å². The van der Waals surface area contributed by atoms with Crippen LogP contribution in [0.4, 0.5) is 0 Å². The molecule has 0 amide bonds. The van der Waals surface area contributed by atoms with Crippen LogP contribution < -0.4 is 5.32 Å². The summed E-state index contributed by atoms with van der Waals surface area (Å²) < 4.78 is 2.10. The molecule has 0 spiro atoms. The molecule has 1 unspecified atom stereocenters. The highest BCUT2D eigenvalue weighted by molar-refractivity contribution is 4.88. The number of rotatable bonds is 4. The largest absolute Gasteiger partial charge is 0.317 e. The van der Waals surface area contributed by atoms with Crippen molar-refractivity contribution < 1.29 is 0 Å². The molecule has 1 saturated carbocycles. The van der Waals surface area contributed by atoms with E-state index in [0.29, 0.717) is 11.5 Å². The van der Waals surface area contributed by atoms with Crippen LogP contribution in [0.1, 0.15) is 52.3 Å². The van der Waals surface area contributed by atoms with Crippen molar-refractivity contribution >= 4 is 0 Å². The van der Waals surface area contributed by atoms with E-state index in [1.165, 1.54) is 25.7 Å². The molecule has 1 atom stereocenters. The molecule has 0 aromatic carbocycles. The molecule has 17 heavy (non-hydrogen) atoms. The minimum Gasteiger partial charge on any atom is -0.317 e. The van der Waals surface area contributed by atoms with E-state index in [-0.39, 0.29) is 0 Å². The molecule has 2 rings (SSSR count). The maximum atomic E-state index is 4.16. The molecule has 0 saturated heterocycles. The Balaban J connectivity index is 1.86. The van der Waals surface area contributed by atoms with Gasteiger partial charge in [0.15, 0.2) is 0 Å². The van der Waals surface area contributed by atoms with Gasteiger partial charge in [0.05, 0.1) is 6.54 Å². The zero-order valence-electron chi connectivity index (χ0n) is 11.2. The Labute approximate surface area is 104 Å². The first-order valence-corrected chi connectivity index (χ1v) is 6.71. The monoisotopic (exact) mass is 236 g/mol. The van der Waals surface area contributed by atoms with Crippen LogP contribution in [0, 0.1) is 5.41 Å². The summed E-state index contributed by atoms with van der Waals surface area (Å²) in [7, 11) is 0. The molecular formula is C13H24N4. The van der Waals surface area contributed by atoms with Gasteiger partial charge in [-0.1, -0.05) is 20.3 Å². The number of hydrogen-bond acceptors (Lipinski definition) is 3. The quantitative estimate of drug-likeness (QED) is 0.872. The zero-order chi connectivity index (χ0) is 12.3. The van der Waals surface area contributed by atoms with Crippen LogP contribution >= 0.6 is 0 Å². The van der Waals surface area contributed by atoms with E-state index in [1.807, 2.05) is 6.33 Å². The molecule has 0 bridgehead atoms. The molecule has 1 heterocycles. The lowest BCUT2D eigenvalue weighted by Crippen LogP contribution is -2.37. The van der Waals surface area contributed by atoms with Gasteiger partial charge in [0, 0.05) is 12.6 Å². The van der Waals surface area contributed by atoms with Gasteiger partial charge >= 0.3 is 0 Å². The number of nitrogens with zero attached hydrogens (tertiary/aromatic N) is 3. The van der Waals surface area contributed by atoms with Gasteiger partial charge in [0.1, 0.15) is 12.2 Å². The number of nitrogens with one attached hydrogen (secondary N) is 1. The molecule has 1 fully saturated rings. The van der Waals surface area contributed by atoms with Crippen LogP contribution in [0.2, 0.25) is 0 Å². The minimum absolute atomic E-state index is 0.494. The lowest BCUT2D eigenvalue weighted by molar-refractivity contribution is 0.197. The van der Waals surface area contributed by atoms with E-state index in [4.69, 9.17) is 0 Å². The molecule has 1 aliphatic carbocycles. The normalized spacial score (nSPS) is 23.8. The summed E-state index contributed by atoms with van der Waals surface area (Å²) in [6, 6.07) is 0.640. The van der Waals surface area contributed by atoms with E-state index in [9.17, 15) is 0 Å². The molecule has 96 valence electrons. The summed E-state index contributed by atoms with van der Waals surface area (Å²) >= 11 is 0. The molecule has 1 aromatic heterocycles. The van der Waals surface area contributed by atoms with Crippen molar-refractivity contribution in [3.8, 4) is 0 Å². The Morgan fingerprint density at radius 3 is 3.06 bits per heavy atom. The predicted octanol–water partition coefficient (Wildman–Crippen LogP) is 2.36. The predicted molar refractivity (Wildman–Crippen MR) is 68.6 cm³/mol. The second-order valence-electron chi connectivity index (χ2n) is 5.87. The topological polar surface area (TPSA) is 42.7 Å². The highest BCUT2D eigenvalue weighted by Gasteiger charge is 2.27. The first-order valence-electron chi connectivity index (χ1n) is 6.71. The Morgan fingerprint density at radius 1 is 1.53 bits per heavy atom. The molecule has 1 N–H and O–H groups in total. The standard InChI is InChI=1S/C13H24N4/c1-4-17-10-15-16-12(17)9-14-11-6-5-7-13(2,3)8-11/h10-11,14H,4-9H2,1-3H3. The van der Waals surface area contributed by atoms with Gasteiger partial charge in [0.2, 0.25) is 0 Å². The second kappa shape index (κ2) is 5.17. The molecule has 0 aliphatic heterocycles. The molecule has 4 heteroatoms. The maximum absolute atomic E-state index is 4.16. The third-order valence-corrected chi connectivity index (χ3v) is 3.79. The van der Waals surface area contributed by atoms with Crippen LogP contribution in [0.5, 0.6) is 0 Å². The highest BCUT2D eigenvalue weighted by atomic mass is 15.3. The molecular weight excluding hydrogens is 212 g/mol. The second-order valence-corrected chi connectivity index (χ2v) is 5.87. The van der Waals surface area contributed by atoms with E-state index in [2.05, 4.69) is 40.9 Å². The highest BCUT2D eigenvalue weighted by Crippen LogP contribution is 2.35. The van der Waals surface area contributed by atoms with Gasteiger partial charge in [-0.05, 0) is 31.6 Å². The fourth-order valence-electron chi connectivity index (χ4n) is 2.79. The van der Waals surface area contributed by atoms with Crippen LogP contribution in [-0.4, -0.2) is 20.8 Å². The zero-order valence-corrected chi connectivity index (χ0v) is 11.2. The summed E-state index contributed by atoms with van der Waals surface area (Å²) in [4.78, 5) is 0. The number of aromatic nitrogens is 3. The average Bonchev–Trinajstić information content (AvgIpc) is 2.72. The van der Waals surface area contributed by atoms with E-state index in [0.717, 1.165) is 18.9 Å². The van der Waals surface area contributed by atoms with E-state index < -0.39 is 0 Å². The lowest BCUT2D eigenvalue weighted by atomic mass is 9.75. The summed E-state index contributed by atoms with van der Waals surface area (Å²) in [5, 5.41) is 11.7. The van der Waals surface area contributed by atoms with Crippen LogP contribution in [-0.2, 0) is 13.1 Å². The minimum atomic E-state index is 0.494. The maximum Gasteiger partial charge on any atom is 0.146 e. The van der Waals surface area contributed by atoms with Crippen molar-refractivity contribution in [1.82, 2.24) is 20.1 Å². The van der Waals surface area contributed by atoms with Crippen molar-refractivity contribution in [1.29, 1.82) is 0 Å². The molecule has 0 radical (unpaired) electrons. The Hall–Kier alpha value is -0.900. The Kier molecular flexibility index (Phi) is 3.82. The summed E-state index contributed by atoms with van der Waals surface area (Å²) in [5.74, 6) is 1.05. The van der Waals surface area contributed by atoms with E-state index in [1.54, 1.807) is 0 Å². The first-order chi connectivity index (χ1) is 8.11. The van der Waals surface area contributed by atoms with Gasteiger partial charge in [-0.2, -0.15) is 0 Å². The van der Waals surface area contributed by atoms with Crippen molar-refractivity contribution in [3.63, 3.8) is 0 Å². The summed E-state index contributed by atoms with van der Waals surface area (Å²) in [6.45, 7) is 8.65. The molecule has 1 aliphatic rings. The number of aryl methyl sites for hydroxylation is 1. The fraction of sp³-hybridized carbons (Fsp3) is 0.846. The molecule has 1 aromatic rings. The third kappa shape index (κ3) is 3.28. The van der Waals surface area contributed by atoms with Crippen molar-refractivity contribution in [2.24, 2.45) is 5.41 Å². The lowest BCUT2D eigenvalue weighted by Gasteiger charge is -2.35. The SMILES string of the molecule is CCn1cnnc1CNC1CCCC(C)(C)C1. The smallest absolute Gasteiger partial charge is 0.146 e. The average molecular weight is 236 g/mol. The van der Waals surface area contributed by atoms with Gasteiger partial charge in [-0.15, -0.1) is 10.2 Å². The van der Waals surface area contributed by atoms with Crippen molar-refractivity contribution in [2.75, 3.05) is 0 Å². The summed E-state index contributed by atoms with van der Waals surface area (Å²) in [5.41, 5.74) is 0.494. The van der Waals surface area contributed by atoms with Gasteiger partial charge in [-0.3, -0.25) is 0 Å². The summed E-state index contributed by atoms with van der Waals surface area (Å²) in [6.07, 6.45) is 7.07. The number of hydrogen-bond donors (Lipinski definition) is 1. The fourth-order valence-corrected chi connectivity index (χ4v) is 2.79. The first kappa shape index (κ1) is 12.6. The van der Waals surface area contributed by atoms with Gasteiger partial charge in [-0.25, -0.2) is 0 Å². The van der Waals surface area contributed by atoms with Gasteiger partial charge in [0.25, 0.3) is 0 Å². The van der Waals surface area contributed by atoms with Crippen molar-refractivity contribution in [2.45, 2.75) is 65.6 Å². The van der Waals surface area contributed by atoms with E-state index >= 15 is 0 Å².